The van der Waals surface area contributed by atoms with Crippen molar-refractivity contribution in [2.45, 2.75) is 32.1 Å². The molecule has 0 fully saturated rings. The van der Waals surface area contributed by atoms with Gasteiger partial charge in [0.1, 0.15) is 17.8 Å². The van der Waals surface area contributed by atoms with Crippen molar-refractivity contribution in [2.75, 3.05) is 13.7 Å². The highest BCUT2D eigenvalue weighted by Gasteiger charge is 2.18. The van der Waals surface area contributed by atoms with E-state index in [2.05, 4.69) is 53.2 Å². The Kier molecular flexibility index (Phi) is 7.29. The molecule has 2 heterocycles. The van der Waals surface area contributed by atoms with Gasteiger partial charge in [-0.2, -0.15) is 0 Å². The minimum atomic E-state index is 0.723. The third kappa shape index (κ3) is 5.23. The predicted molar refractivity (Wildman–Crippen MR) is 128 cm³/mol. The Bertz CT molecular complexity index is 1150. The van der Waals surface area contributed by atoms with E-state index < -0.39 is 0 Å². The molecule has 0 aliphatic rings. The lowest BCUT2D eigenvalue weighted by molar-refractivity contribution is -0.661. The number of hydrogen-bond donors (Lipinski definition) is 1. The first-order valence-corrected chi connectivity index (χ1v) is 11.9. The number of ether oxygens (including phenoxy) is 1. The van der Waals surface area contributed by atoms with Crippen LogP contribution >= 0.6 is 11.3 Å². The van der Waals surface area contributed by atoms with Crippen molar-refractivity contribution in [2.24, 2.45) is 12.8 Å². The van der Waals surface area contributed by atoms with E-state index >= 15 is 0 Å². The molecule has 2 aromatic heterocycles. The zero-order valence-electron chi connectivity index (χ0n) is 18.7. The van der Waals surface area contributed by atoms with E-state index in [0.29, 0.717) is 0 Å². The van der Waals surface area contributed by atoms with E-state index in [1.165, 1.54) is 11.3 Å². The second-order valence-electron chi connectivity index (χ2n) is 7.84. The number of aromatic nitrogens is 4. The van der Waals surface area contributed by atoms with Gasteiger partial charge in [-0.05, 0) is 49.9 Å². The SMILES string of the molecule is COc1cc(-[n+]2cc(CCCCN)n(C)n2)ccc1-c1nc(CCc2ccccc2)cs1. The van der Waals surface area contributed by atoms with Gasteiger partial charge in [-0.15, -0.1) is 20.7 Å². The zero-order chi connectivity index (χ0) is 22.3. The number of unbranched alkanes of at least 4 members (excludes halogenated alkanes) is 1. The molecule has 0 unspecified atom stereocenters. The molecule has 0 aliphatic heterocycles. The quantitative estimate of drug-likeness (QED) is 0.295. The Balaban J connectivity index is 1.51. The highest BCUT2D eigenvalue weighted by Crippen LogP contribution is 2.33. The van der Waals surface area contributed by atoms with E-state index in [9.17, 15) is 0 Å². The van der Waals surface area contributed by atoms with Gasteiger partial charge in [-0.1, -0.05) is 30.3 Å². The molecule has 0 atom stereocenters. The van der Waals surface area contributed by atoms with Gasteiger partial charge in [0.25, 0.3) is 0 Å². The Labute approximate surface area is 193 Å². The number of aryl methyl sites for hydroxylation is 4. The van der Waals surface area contributed by atoms with Crippen LogP contribution in [0.5, 0.6) is 5.75 Å². The van der Waals surface area contributed by atoms with Crippen LogP contribution in [0.4, 0.5) is 0 Å². The van der Waals surface area contributed by atoms with Crippen LogP contribution in [0.2, 0.25) is 0 Å². The number of hydrogen-bond acceptors (Lipinski definition) is 5. The maximum atomic E-state index is 5.72. The summed E-state index contributed by atoms with van der Waals surface area (Å²) in [5, 5.41) is 7.75. The summed E-state index contributed by atoms with van der Waals surface area (Å²) in [6.45, 7) is 0.723. The lowest BCUT2D eigenvalue weighted by Crippen LogP contribution is -2.32. The molecule has 0 radical (unpaired) electrons. The minimum absolute atomic E-state index is 0.723. The molecule has 2 N–H and O–H groups in total. The number of nitrogens with two attached hydrogens (primary N) is 1. The summed E-state index contributed by atoms with van der Waals surface area (Å²) in [6.07, 6.45) is 7.05. The van der Waals surface area contributed by atoms with Crippen molar-refractivity contribution in [3.8, 4) is 22.0 Å². The maximum absolute atomic E-state index is 5.72. The summed E-state index contributed by atoms with van der Waals surface area (Å²) in [7, 11) is 3.68. The van der Waals surface area contributed by atoms with E-state index in [4.69, 9.17) is 15.5 Å². The van der Waals surface area contributed by atoms with Gasteiger partial charge in [-0.25, -0.2) is 4.98 Å². The topological polar surface area (TPSA) is 69.8 Å². The van der Waals surface area contributed by atoms with Crippen molar-refractivity contribution >= 4 is 11.3 Å². The second kappa shape index (κ2) is 10.5. The molecule has 7 heteroatoms. The van der Waals surface area contributed by atoms with Crippen LogP contribution < -0.4 is 15.2 Å². The normalized spacial score (nSPS) is 11.1. The molecule has 6 nitrogen and oxygen atoms in total. The third-order valence-corrected chi connectivity index (χ3v) is 6.47. The largest absolute Gasteiger partial charge is 0.496 e. The fourth-order valence-electron chi connectivity index (χ4n) is 3.72. The number of thiazole rings is 1. The highest BCUT2D eigenvalue weighted by molar-refractivity contribution is 7.13. The van der Waals surface area contributed by atoms with Gasteiger partial charge in [0.2, 0.25) is 0 Å². The van der Waals surface area contributed by atoms with Gasteiger partial charge in [-0.3, -0.25) is 0 Å². The summed E-state index contributed by atoms with van der Waals surface area (Å²) in [5.41, 5.74) is 11.2. The van der Waals surface area contributed by atoms with E-state index in [1.807, 2.05) is 28.5 Å². The predicted octanol–water partition coefficient (Wildman–Crippen LogP) is 3.90. The number of nitrogens with zero attached hydrogens (tertiary/aromatic N) is 4. The fraction of sp³-hybridized carbons (Fsp3) is 0.320. The van der Waals surface area contributed by atoms with Crippen LogP contribution in [0.25, 0.3) is 16.3 Å². The number of rotatable bonds is 10. The smallest absolute Gasteiger partial charge is 0.167 e. The second-order valence-corrected chi connectivity index (χ2v) is 8.70. The van der Waals surface area contributed by atoms with E-state index in [0.717, 1.165) is 66.4 Å². The first-order chi connectivity index (χ1) is 15.7. The molecular formula is C25H30N5OS+. The Morgan fingerprint density at radius 3 is 2.69 bits per heavy atom. The molecule has 0 bridgehead atoms. The summed E-state index contributed by atoms with van der Waals surface area (Å²) in [5.74, 6) is 0.800. The summed E-state index contributed by atoms with van der Waals surface area (Å²) >= 11 is 1.66. The summed E-state index contributed by atoms with van der Waals surface area (Å²) in [4.78, 5) is 4.87. The van der Waals surface area contributed by atoms with E-state index in [1.54, 1.807) is 18.4 Å². The zero-order valence-corrected chi connectivity index (χ0v) is 19.5. The van der Waals surface area contributed by atoms with Crippen LogP contribution in [0.3, 0.4) is 0 Å². The molecule has 4 aromatic rings. The molecule has 0 aliphatic carbocycles. The van der Waals surface area contributed by atoms with Crippen LogP contribution in [-0.4, -0.2) is 28.5 Å². The molecule has 0 spiro atoms. The van der Waals surface area contributed by atoms with E-state index in [-0.39, 0.29) is 0 Å². The van der Waals surface area contributed by atoms with Crippen molar-refractivity contribution in [1.29, 1.82) is 0 Å². The average molecular weight is 449 g/mol. The van der Waals surface area contributed by atoms with Gasteiger partial charge < -0.3 is 10.5 Å². The van der Waals surface area contributed by atoms with Gasteiger partial charge in [0, 0.05) is 17.9 Å². The molecule has 0 saturated carbocycles. The lowest BCUT2D eigenvalue weighted by Gasteiger charge is -2.06. The molecule has 32 heavy (non-hydrogen) atoms. The Morgan fingerprint density at radius 1 is 1.06 bits per heavy atom. The molecule has 0 amide bonds. The van der Waals surface area contributed by atoms with Crippen LogP contribution in [0.1, 0.15) is 29.8 Å². The van der Waals surface area contributed by atoms with Gasteiger partial charge in [0.05, 0.1) is 23.6 Å². The third-order valence-electron chi connectivity index (χ3n) is 5.55. The molecular weight excluding hydrogens is 418 g/mol. The van der Waals surface area contributed by atoms with Crippen LogP contribution in [0, 0.1) is 0 Å². The molecule has 2 aromatic carbocycles. The maximum Gasteiger partial charge on any atom is 0.167 e. The summed E-state index contributed by atoms with van der Waals surface area (Å²) < 4.78 is 9.55. The number of methoxy groups -OCH3 is 1. The first kappa shape index (κ1) is 22.2. The fourth-order valence-corrected chi connectivity index (χ4v) is 4.60. The van der Waals surface area contributed by atoms with Crippen LogP contribution in [0.15, 0.2) is 60.1 Å². The van der Waals surface area contributed by atoms with Crippen molar-refractivity contribution < 1.29 is 9.42 Å². The van der Waals surface area contributed by atoms with Gasteiger partial charge >= 0.3 is 0 Å². The Hall–Kier alpha value is -3.03. The molecule has 166 valence electrons. The van der Waals surface area contributed by atoms with Crippen molar-refractivity contribution in [1.82, 2.24) is 14.9 Å². The lowest BCUT2D eigenvalue weighted by atomic mass is 10.1. The van der Waals surface area contributed by atoms with Gasteiger partial charge in [0.15, 0.2) is 17.6 Å². The van der Waals surface area contributed by atoms with Crippen LogP contribution in [-0.2, 0) is 26.3 Å². The van der Waals surface area contributed by atoms with Crippen molar-refractivity contribution in [3.05, 3.63) is 77.1 Å². The minimum Gasteiger partial charge on any atom is -0.496 e. The monoisotopic (exact) mass is 448 g/mol. The Morgan fingerprint density at radius 2 is 1.91 bits per heavy atom. The first-order valence-electron chi connectivity index (χ1n) is 11.0. The standard InChI is InChI=1S/C25H30N5OS/c1-29-22(10-6-7-15-26)17-30(28-29)21-13-14-23(24(16-21)31-2)25-27-20(18-32-25)12-11-19-8-4-3-5-9-19/h3-5,8-9,13-14,16-18H,6-7,10-12,15,26H2,1-2H3/q+1. The average Bonchev–Trinajstić information content (AvgIpc) is 3.45. The van der Waals surface area contributed by atoms with Crippen molar-refractivity contribution in [3.63, 3.8) is 0 Å². The molecule has 4 rings (SSSR count). The highest BCUT2D eigenvalue weighted by atomic mass is 32.1. The number of benzene rings is 2. The summed E-state index contributed by atoms with van der Waals surface area (Å²) in [6, 6.07) is 16.7. The molecule has 0 saturated heterocycles.